The highest BCUT2D eigenvalue weighted by Crippen LogP contribution is 2.26. The predicted molar refractivity (Wildman–Crippen MR) is 91.0 cm³/mol. The van der Waals surface area contributed by atoms with Crippen molar-refractivity contribution in [3.8, 4) is 0 Å². The first-order valence-corrected chi connectivity index (χ1v) is 9.08. The molecule has 0 unspecified atom stereocenters. The topological polar surface area (TPSA) is 95.6 Å². The molecule has 2 rings (SSSR count). The first-order chi connectivity index (χ1) is 11.3. The van der Waals surface area contributed by atoms with Gasteiger partial charge < -0.3 is 10.6 Å². The number of amides is 2. The Morgan fingerprint density at radius 1 is 1.42 bits per heavy atom. The van der Waals surface area contributed by atoms with Crippen LogP contribution >= 0.6 is 0 Å². The molecule has 0 bridgehead atoms. The third-order valence-corrected chi connectivity index (χ3v) is 5.67. The van der Waals surface area contributed by atoms with E-state index >= 15 is 0 Å². The first-order valence-electron chi connectivity index (χ1n) is 7.64. The van der Waals surface area contributed by atoms with Crippen molar-refractivity contribution in [1.82, 2.24) is 9.62 Å². The van der Waals surface area contributed by atoms with E-state index in [1.807, 2.05) is 0 Å². The van der Waals surface area contributed by atoms with Gasteiger partial charge in [0.25, 0.3) is 0 Å². The Hall–Kier alpha value is -2.19. The Morgan fingerprint density at radius 2 is 2.17 bits per heavy atom. The number of carbonyl (C=O) groups is 2. The van der Waals surface area contributed by atoms with E-state index in [1.54, 1.807) is 12.1 Å². The van der Waals surface area contributed by atoms with Crippen LogP contribution < -0.4 is 10.6 Å². The van der Waals surface area contributed by atoms with E-state index in [0.717, 1.165) is 5.56 Å². The van der Waals surface area contributed by atoms with Crippen LogP contribution in [0.1, 0.15) is 18.4 Å². The minimum Gasteiger partial charge on any atom is -0.353 e. The largest absolute Gasteiger partial charge is 0.353 e. The van der Waals surface area contributed by atoms with E-state index in [4.69, 9.17) is 0 Å². The molecule has 0 atom stereocenters. The van der Waals surface area contributed by atoms with Crippen LogP contribution in [-0.2, 0) is 26.0 Å². The summed E-state index contributed by atoms with van der Waals surface area (Å²) in [7, 11) is -2.10. The summed E-state index contributed by atoms with van der Waals surface area (Å²) in [6.45, 7) is 4.01. The smallest absolute Gasteiger partial charge is 0.243 e. The molecule has 0 saturated carbocycles. The SMILES string of the molecule is C=CC(=O)NCCCN(C)S(=O)(=O)c1ccc2c(c1)CCC(=O)N2. The van der Waals surface area contributed by atoms with Crippen LogP contribution in [0.4, 0.5) is 5.69 Å². The number of anilines is 1. The zero-order valence-electron chi connectivity index (χ0n) is 13.5. The normalized spacial score (nSPS) is 14.0. The summed E-state index contributed by atoms with van der Waals surface area (Å²) in [4.78, 5) is 22.6. The van der Waals surface area contributed by atoms with Crippen LogP contribution in [0.3, 0.4) is 0 Å². The fourth-order valence-corrected chi connectivity index (χ4v) is 3.67. The second kappa shape index (κ2) is 7.59. The molecule has 8 heteroatoms. The zero-order chi connectivity index (χ0) is 17.7. The highest BCUT2D eigenvalue weighted by atomic mass is 32.2. The second-order valence-corrected chi connectivity index (χ2v) is 7.59. The highest BCUT2D eigenvalue weighted by Gasteiger charge is 2.23. The van der Waals surface area contributed by atoms with Crippen LogP contribution in [0.2, 0.25) is 0 Å². The van der Waals surface area contributed by atoms with Crippen LogP contribution in [0, 0.1) is 0 Å². The van der Waals surface area contributed by atoms with Gasteiger partial charge in [-0.25, -0.2) is 12.7 Å². The Kier molecular flexibility index (Phi) is 5.74. The van der Waals surface area contributed by atoms with Gasteiger partial charge in [-0.05, 0) is 42.7 Å². The summed E-state index contributed by atoms with van der Waals surface area (Å²) in [5, 5.41) is 5.34. The molecule has 0 radical (unpaired) electrons. The predicted octanol–water partition coefficient (Wildman–Crippen LogP) is 0.884. The van der Waals surface area contributed by atoms with Gasteiger partial charge in [0.2, 0.25) is 21.8 Å². The number of benzene rings is 1. The van der Waals surface area contributed by atoms with Gasteiger partial charge in [-0.2, -0.15) is 0 Å². The molecule has 1 aliphatic heterocycles. The summed E-state index contributed by atoms with van der Waals surface area (Å²) in [5.41, 5.74) is 1.49. The average molecular weight is 351 g/mol. The van der Waals surface area contributed by atoms with E-state index in [2.05, 4.69) is 17.2 Å². The number of hydrogen-bond donors (Lipinski definition) is 2. The summed E-state index contributed by atoms with van der Waals surface area (Å²) >= 11 is 0. The molecule has 0 fully saturated rings. The van der Waals surface area contributed by atoms with E-state index in [9.17, 15) is 18.0 Å². The molecule has 7 nitrogen and oxygen atoms in total. The fraction of sp³-hybridized carbons (Fsp3) is 0.375. The average Bonchev–Trinajstić information content (AvgIpc) is 2.57. The number of sulfonamides is 1. The van der Waals surface area contributed by atoms with E-state index in [0.29, 0.717) is 31.5 Å². The zero-order valence-corrected chi connectivity index (χ0v) is 14.4. The van der Waals surface area contributed by atoms with Gasteiger partial charge in [-0.15, -0.1) is 0 Å². The van der Waals surface area contributed by atoms with E-state index in [1.165, 1.54) is 23.5 Å². The number of hydrogen-bond acceptors (Lipinski definition) is 4. The van der Waals surface area contributed by atoms with Gasteiger partial charge in [-0.3, -0.25) is 9.59 Å². The lowest BCUT2D eigenvalue weighted by atomic mass is 10.0. The second-order valence-electron chi connectivity index (χ2n) is 5.54. The van der Waals surface area contributed by atoms with Gasteiger partial charge in [0.05, 0.1) is 4.90 Å². The van der Waals surface area contributed by atoms with E-state index in [-0.39, 0.29) is 23.3 Å². The van der Waals surface area contributed by atoms with Crippen molar-refractivity contribution in [3.05, 3.63) is 36.4 Å². The quantitative estimate of drug-likeness (QED) is 0.563. The van der Waals surface area contributed by atoms with Gasteiger partial charge >= 0.3 is 0 Å². The maximum atomic E-state index is 12.6. The van der Waals surface area contributed by atoms with Crippen molar-refractivity contribution in [2.75, 3.05) is 25.5 Å². The van der Waals surface area contributed by atoms with Crippen molar-refractivity contribution >= 4 is 27.5 Å². The van der Waals surface area contributed by atoms with Crippen molar-refractivity contribution in [3.63, 3.8) is 0 Å². The fourth-order valence-electron chi connectivity index (χ4n) is 2.41. The molecule has 1 aromatic carbocycles. The van der Waals surface area contributed by atoms with E-state index < -0.39 is 10.0 Å². The Labute approximate surface area is 141 Å². The molecule has 24 heavy (non-hydrogen) atoms. The third-order valence-electron chi connectivity index (χ3n) is 3.81. The number of fused-ring (bicyclic) bond motifs is 1. The van der Waals surface area contributed by atoms with Crippen LogP contribution in [0.25, 0.3) is 0 Å². The maximum absolute atomic E-state index is 12.6. The summed E-state index contributed by atoms with van der Waals surface area (Å²) < 4.78 is 26.5. The highest BCUT2D eigenvalue weighted by molar-refractivity contribution is 7.89. The van der Waals surface area contributed by atoms with Gasteiger partial charge in [0.1, 0.15) is 0 Å². The number of aryl methyl sites for hydroxylation is 1. The first kappa shape index (κ1) is 18.2. The van der Waals surface area contributed by atoms with Crippen LogP contribution in [0.15, 0.2) is 35.7 Å². The molecule has 1 aliphatic rings. The minimum absolute atomic E-state index is 0.0585. The summed E-state index contributed by atoms with van der Waals surface area (Å²) in [5.74, 6) is -0.339. The summed E-state index contributed by atoms with van der Waals surface area (Å²) in [6.07, 6.45) is 2.56. The Morgan fingerprint density at radius 3 is 2.88 bits per heavy atom. The number of carbonyl (C=O) groups excluding carboxylic acids is 2. The summed E-state index contributed by atoms with van der Waals surface area (Å²) in [6, 6.07) is 4.73. The molecule has 0 aliphatic carbocycles. The molecule has 1 aromatic rings. The molecule has 2 amide bonds. The van der Waals surface area contributed by atoms with Crippen molar-refractivity contribution < 1.29 is 18.0 Å². The standard InChI is InChI=1S/C16H21N3O4S/c1-3-15(20)17-9-4-10-19(2)24(22,23)13-6-7-14-12(11-13)5-8-16(21)18-14/h3,6-7,11H,1,4-5,8-10H2,2H3,(H,17,20)(H,18,21). The molecule has 130 valence electrons. The van der Waals surface area contributed by atoms with Gasteiger partial charge in [0, 0.05) is 32.2 Å². The molecular weight excluding hydrogens is 330 g/mol. The number of rotatable bonds is 7. The number of nitrogens with zero attached hydrogens (tertiary/aromatic N) is 1. The lowest BCUT2D eigenvalue weighted by Gasteiger charge is -2.20. The monoisotopic (exact) mass is 351 g/mol. The maximum Gasteiger partial charge on any atom is 0.243 e. The van der Waals surface area contributed by atoms with Gasteiger partial charge in [0.15, 0.2) is 0 Å². The number of nitrogens with one attached hydrogen (secondary N) is 2. The molecule has 1 heterocycles. The van der Waals surface area contributed by atoms with Crippen LogP contribution in [0.5, 0.6) is 0 Å². The van der Waals surface area contributed by atoms with Gasteiger partial charge in [-0.1, -0.05) is 6.58 Å². The Bertz CT molecular complexity index is 759. The molecular formula is C16H21N3O4S. The van der Waals surface area contributed by atoms with Crippen molar-refractivity contribution in [2.45, 2.75) is 24.2 Å². The van der Waals surface area contributed by atoms with Crippen molar-refractivity contribution in [1.29, 1.82) is 0 Å². The molecule has 0 spiro atoms. The van der Waals surface area contributed by atoms with Crippen LogP contribution in [-0.4, -0.2) is 44.7 Å². The molecule has 2 N–H and O–H groups in total. The van der Waals surface area contributed by atoms with Crippen molar-refractivity contribution in [2.24, 2.45) is 0 Å². The third kappa shape index (κ3) is 4.21. The molecule has 0 aromatic heterocycles. The molecule has 0 saturated heterocycles. The minimum atomic E-state index is -3.60. The lowest BCUT2D eigenvalue weighted by Crippen LogP contribution is -2.31. The Balaban J connectivity index is 2.02. The lowest BCUT2D eigenvalue weighted by molar-refractivity contribution is -0.117.